The number of nitrogens with zero attached hydrogens (tertiary/aromatic N) is 1. The molecule has 0 bridgehead atoms. The summed E-state index contributed by atoms with van der Waals surface area (Å²) in [4.78, 5) is 21.4. The van der Waals surface area contributed by atoms with E-state index < -0.39 is 11.0 Å². The van der Waals surface area contributed by atoms with Crippen molar-refractivity contribution >= 4 is 23.3 Å². The van der Waals surface area contributed by atoms with Crippen molar-refractivity contribution in [1.82, 2.24) is 5.32 Å². The lowest BCUT2D eigenvalue weighted by molar-refractivity contribution is -0.384. The largest absolute Gasteiger partial charge is 0.487 e. The summed E-state index contributed by atoms with van der Waals surface area (Å²) in [6, 6.07) is 3.60. The summed E-state index contributed by atoms with van der Waals surface area (Å²) in [5, 5.41) is 13.7. The molecule has 1 saturated heterocycles. The average molecular weight is 301 g/mol. The van der Waals surface area contributed by atoms with Gasteiger partial charge in [-0.15, -0.1) is 0 Å². The van der Waals surface area contributed by atoms with Crippen LogP contribution < -0.4 is 10.1 Å². The molecule has 1 N–H and O–H groups in total. The smallest absolute Gasteiger partial charge is 0.323 e. The van der Waals surface area contributed by atoms with Gasteiger partial charge < -0.3 is 14.8 Å². The summed E-state index contributed by atoms with van der Waals surface area (Å²) in [5.74, 6) is 0.0143. The van der Waals surface area contributed by atoms with Crippen molar-refractivity contribution in [2.45, 2.75) is 18.6 Å². The van der Waals surface area contributed by atoms with E-state index >= 15 is 0 Å². The molecule has 2 rings (SSSR count). The maximum Gasteiger partial charge on any atom is 0.323 e. The van der Waals surface area contributed by atoms with Gasteiger partial charge in [0.25, 0.3) is 5.69 Å². The molecule has 7 nitrogen and oxygen atoms in total. The number of hydrogen-bond acceptors (Lipinski definition) is 6. The second kappa shape index (κ2) is 6.06. The van der Waals surface area contributed by atoms with Gasteiger partial charge in [0.15, 0.2) is 0 Å². The molecule has 108 valence electrons. The minimum atomic E-state index is -0.528. The standard InChI is InChI=1S/C12H13ClN2O5/c1-19-12(16)10-5-8(6-14-10)20-11-3-2-7(15(17)18)4-9(11)13/h2-4,8,10,14H,5-6H2,1H3. The van der Waals surface area contributed by atoms with Crippen LogP contribution in [0.1, 0.15) is 6.42 Å². The van der Waals surface area contributed by atoms with E-state index in [-0.39, 0.29) is 22.8 Å². The minimum absolute atomic E-state index is 0.0978. The molecule has 2 unspecified atom stereocenters. The number of rotatable bonds is 4. The topological polar surface area (TPSA) is 90.7 Å². The number of nitrogens with one attached hydrogen (secondary N) is 1. The molecule has 0 aliphatic carbocycles. The lowest BCUT2D eigenvalue weighted by Crippen LogP contribution is -2.31. The van der Waals surface area contributed by atoms with Crippen LogP contribution in [0.2, 0.25) is 5.02 Å². The Hall–Kier alpha value is -1.86. The first kappa shape index (κ1) is 14.5. The molecule has 20 heavy (non-hydrogen) atoms. The SMILES string of the molecule is COC(=O)C1CC(Oc2ccc([N+](=O)[O-])cc2Cl)CN1. The fraction of sp³-hybridized carbons (Fsp3) is 0.417. The van der Waals surface area contributed by atoms with Crippen molar-refractivity contribution in [3.63, 3.8) is 0 Å². The van der Waals surface area contributed by atoms with Gasteiger partial charge in [-0.2, -0.15) is 0 Å². The Balaban J connectivity index is 2.01. The molecule has 0 saturated carbocycles. The van der Waals surface area contributed by atoms with Gasteiger partial charge in [-0.3, -0.25) is 14.9 Å². The third-order valence-electron chi connectivity index (χ3n) is 3.00. The first-order valence-electron chi connectivity index (χ1n) is 5.93. The minimum Gasteiger partial charge on any atom is -0.487 e. The molecule has 1 aliphatic rings. The molecule has 0 aromatic heterocycles. The molecule has 1 aliphatic heterocycles. The van der Waals surface area contributed by atoms with E-state index in [0.29, 0.717) is 18.7 Å². The molecule has 0 spiro atoms. The number of carbonyl (C=O) groups is 1. The highest BCUT2D eigenvalue weighted by atomic mass is 35.5. The first-order valence-corrected chi connectivity index (χ1v) is 6.31. The third kappa shape index (κ3) is 3.17. The highest BCUT2D eigenvalue weighted by Gasteiger charge is 2.31. The summed E-state index contributed by atoms with van der Waals surface area (Å²) < 4.78 is 10.3. The number of nitro groups is 1. The van der Waals surface area contributed by atoms with E-state index in [1.54, 1.807) is 0 Å². The summed E-state index contributed by atoms with van der Waals surface area (Å²) in [6.07, 6.45) is 0.220. The van der Waals surface area contributed by atoms with Crippen LogP contribution in [-0.4, -0.2) is 36.7 Å². The van der Waals surface area contributed by atoms with Crippen molar-refractivity contribution < 1.29 is 19.2 Å². The van der Waals surface area contributed by atoms with Crippen LogP contribution >= 0.6 is 11.6 Å². The Morgan fingerprint density at radius 3 is 2.90 bits per heavy atom. The monoisotopic (exact) mass is 300 g/mol. The van der Waals surface area contributed by atoms with E-state index in [2.05, 4.69) is 10.1 Å². The van der Waals surface area contributed by atoms with Crippen molar-refractivity contribution in [3.05, 3.63) is 33.3 Å². The lowest BCUT2D eigenvalue weighted by Gasteiger charge is -2.13. The number of halogens is 1. The second-order valence-corrected chi connectivity index (χ2v) is 4.74. The zero-order chi connectivity index (χ0) is 14.7. The van der Waals surface area contributed by atoms with Crippen molar-refractivity contribution in [2.75, 3.05) is 13.7 Å². The molecule has 0 radical (unpaired) electrons. The van der Waals surface area contributed by atoms with E-state index in [1.165, 1.54) is 25.3 Å². The van der Waals surface area contributed by atoms with Gasteiger partial charge in [-0.1, -0.05) is 11.6 Å². The van der Waals surface area contributed by atoms with Crippen LogP contribution in [0.4, 0.5) is 5.69 Å². The Bertz CT molecular complexity index is 537. The molecule has 0 amide bonds. The molecular formula is C12H13ClN2O5. The summed E-state index contributed by atoms with van der Waals surface area (Å²) in [5.41, 5.74) is -0.0978. The molecule has 1 aromatic carbocycles. The van der Waals surface area contributed by atoms with Gasteiger partial charge in [-0.05, 0) is 6.07 Å². The number of nitro benzene ring substituents is 1. The van der Waals surface area contributed by atoms with E-state index in [1.807, 2.05) is 0 Å². The Kier molecular flexibility index (Phi) is 4.41. The third-order valence-corrected chi connectivity index (χ3v) is 3.29. The predicted molar refractivity (Wildman–Crippen MR) is 70.9 cm³/mol. The number of benzene rings is 1. The molecule has 8 heteroatoms. The zero-order valence-corrected chi connectivity index (χ0v) is 11.4. The highest BCUT2D eigenvalue weighted by molar-refractivity contribution is 6.32. The number of esters is 1. The van der Waals surface area contributed by atoms with Crippen LogP contribution in [0.5, 0.6) is 5.75 Å². The number of methoxy groups -OCH3 is 1. The quantitative estimate of drug-likeness (QED) is 0.515. The Labute approximate surface area is 120 Å². The highest BCUT2D eigenvalue weighted by Crippen LogP contribution is 2.30. The van der Waals surface area contributed by atoms with Gasteiger partial charge in [0, 0.05) is 25.1 Å². The second-order valence-electron chi connectivity index (χ2n) is 4.33. The van der Waals surface area contributed by atoms with E-state index in [9.17, 15) is 14.9 Å². The average Bonchev–Trinajstić information content (AvgIpc) is 2.88. The summed E-state index contributed by atoms with van der Waals surface area (Å²) in [7, 11) is 1.32. The van der Waals surface area contributed by atoms with Crippen LogP contribution in [0, 0.1) is 10.1 Å². The molecule has 1 heterocycles. The lowest BCUT2D eigenvalue weighted by atomic mass is 10.2. The summed E-state index contributed by atoms with van der Waals surface area (Å²) in [6.45, 7) is 0.479. The van der Waals surface area contributed by atoms with Crippen LogP contribution in [0.25, 0.3) is 0 Å². The fourth-order valence-electron chi connectivity index (χ4n) is 1.99. The van der Waals surface area contributed by atoms with Crippen molar-refractivity contribution in [1.29, 1.82) is 0 Å². The molecular weight excluding hydrogens is 288 g/mol. The van der Waals surface area contributed by atoms with E-state index in [0.717, 1.165) is 0 Å². The van der Waals surface area contributed by atoms with Crippen LogP contribution in [0.15, 0.2) is 18.2 Å². The Morgan fingerprint density at radius 2 is 2.30 bits per heavy atom. The number of ether oxygens (including phenoxy) is 2. The first-order chi connectivity index (χ1) is 9.51. The molecule has 1 aromatic rings. The molecule has 1 fully saturated rings. The summed E-state index contributed by atoms with van der Waals surface area (Å²) >= 11 is 5.94. The molecule has 2 atom stereocenters. The number of non-ortho nitro benzene ring substituents is 1. The Morgan fingerprint density at radius 1 is 1.55 bits per heavy atom. The van der Waals surface area contributed by atoms with Crippen molar-refractivity contribution in [3.8, 4) is 5.75 Å². The normalized spacial score (nSPS) is 21.5. The zero-order valence-electron chi connectivity index (χ0n) is 10.7. The van der Waals surface area contributed by atoms with Gasteiger partial charge in [-0.25, -0.2) is 0 Å². The van der Waals surface area contributed by atoms with Gasteiger partial charge >= 0.3 is 5.97 Å². The maximum absolute atomic E-state index is 11.4. The van der Waals surface area contributed by atoms with Gasteiger partial charge in [0.1, 0.15) is 17.9 Å². The van der Waals surface area contributed by atoms with Crippen molar-refractivity contribution in [2.24, 2.45) is 0 Å². The van der Waals surface area contributed by atoms with Gasteiger partial charge in [0.2, 0.25) is 0 Å². The fourth-order valence-corrected chi connectivity index (χ4v) is 2.21. The number of hydrogen-bond donors (Lipinski definition) is 1. The van der Waals surface area contributed by atoms with E-state index in [4.69, 9.17) is 16.3 Å². The maximum atomic E-state index is 11.4. The number of carbonyl (C=O) groups excluding carboxylic acids is 1. The van der Waals surface area contributed by atoms with Gasteiger partial charge in [0.05, 0.1) is 17.1 Å². The van der Waals surface area contributed by atoms with Crippen LogP contribution in [0.3, 0.4) is 0 Å². The van der Waals surface area contributed by atoms with Crippen LogP contribution in [-0.2, 0) is 9.53 Å². The predicted octanol–water partition coefficient (Wildman–Crippen LogP) is 1.53.